The van der Waals surface area contributed by atoms with E-state index in [1.165, 1.54) is 24.3 Å². The third-order valence-corrected chi connectivity index (χ3v) is 9.24. The normalized spacial score (nSPS) is 17.4. The molecule has 8 nitrogen and oxygen atoms in total. The standard InChI is InChI=1S/C9H15NO7P2S/c1-18(11,12)9(19(13,14)15)6-20(16,17)8-4-2-7(10)3-5-8/h2-5,9H,6,10H2,1H3,(H,11,12)(H2,13,14,15). The van der Waals surface area contributed by atoms with E-state index in [0.29, 0.717) is 5.69 Å². The maximum Gasteiger partial charge on any atom is 0.339 e. The van der Waals surface area contributed by atoms with Gasteiger partial charge in [-0.3, -0.25) is 9.13 Å². The molecule has 2 unspecified atom stereocenters. The van der Waals surface area contributed by atoms with Crippen LogP contribution in [0.1, 0.15) is 0 Å². The summed E-state index contributed by atoms with van der Waals surface area (Å²) in [6.07, 6.45) is 0. The fourth-order valence-corrected chi connectivity index (χ4v) is 7.91. The second kappa shape index (κ2) is 5.60. The van der Waals surface area contributed by atoms with E-state index in [1.54, 1.807) is 0 Å². The van der Waals surface area contributed by atoms with Crippen LogP contribution < -0.4 is 5.73 Å². The SMILES string of the molecule is CP(=O)(O)C(CS(=O)(=O)c1ccc(N)cc1)P(=O)(O)O. The highest BCUT2D eigenvalue weighted by Crippen LogP contribution is 2.60. The second-order valence-electron chi connectivity index (χ2n) is 4.36. The molecule has 1 aromatic rings. The number of nitrogen functional groups attached to an aromatic ring is 1. The van der Waals surface area contributed by atoms with Gasteiger partial charge in [0.15, 0.2) is 15.2 Å². The lowest BCUT2D eigenvalue weighted by Gasteiger charge is -2.20. The zero-order chi connectivity index (χ0) is 15.8. The molecular formula is C9H15NO7P2S. The number of hydrogen-bond acceptors (Lipinski definition) is 5. The van der Waals surface area contributed by atoms with Crippen molar-refractivity contribution in [1.82, 2.24) is 0 Å². The first-order chi connectivity index (χ1) is 8.84. The molecule has 114 valence electrons. The zero-order valence-electron chi connectivity index (χ0n) is 10.4. The molecule has 0 aliphatic carbocycles. The molecule has 5 N–H and O–H groups in total. The minimum atomic E-state index is -5.04. The van der Waals surface area contributed by atoms with Crippen LogP contribution in [0, 0.1) is 0 Å². The predicted octanol–water partition coefficient (Wildman–Crippen LogP) is 0.446. The number of sulfone groups is 1. The highest BCUT2D eigenvalue weighted by molar-refractivity contribution is 7.92. The Morgan fingerprint density at radius 1 is 1.15 bits per heavy atom. The van der Waals surface area contributed by atoms with E-state index in [2.05, 4.69) is 0 Å². The Hall–Kier alpha value is -0.690. The van der Waals surface area contributed by atoms with E-state index in [4.69, 9.17) is 15.5 Å². The quantitative estimate of drug-likeness (QED) is 0.443. The lowest BCUT2D eigenvalue weighted by molar-refractivity contribution is 0.366. The number of rotatable bonds is 5. The molecule has 0 aromatic heterocycles. The highest BCUT2D eigenvalue weighted by Gasteiger charge is 2.44. The third-order valence-electron chi connectivity index (χ3n) is 2.55. The largest absolute Gasteiger partial charge is 0.399 e. The first-order valence-corrected chi connectivity index (χ1v) is 10.8. The molecule has 0 aliphatic rings. The van der Waals surface area contributed by atoms with Crippen molar-refractivity contribution in [1.29, 1.82) is 0 Å². The molecule has 0 heterocycles. The Kier molecular flexibility index (Phi) is 4.86. The number of nitrogens with two attached hydrogens (primary N) is 1. The van der Waals surface area contributed by atoms with Crippen molar-refractivity contribution < 1.29 is 32.2 Å². The van der Waals surface area contributed by atoms with Gasteiger partial charge in [0.2, 0.25) is 7.37 Å². The molecule has 20 heavy (non-hydrogen) atoms. The average Bonchev–Trinajstić information content (AvgIpc) is 2.23. The van der Waals surface area contributed by atoms with Crippen LogP contribution in [0.3, 0.4) is 0 Å². The van der Waals surface area contributed by atoms with Crippen LogP contribution in [0.5, 0.6) is 0 Å². The summed E-state index contributed by atoms with van der Waals surface area (Å²) in [5.41, 5.74) is 5.72. The Bertz CT molecular complexity index is 651. The van der Waals surface area contributed by atoms with Gasteiger partial charge in [0.05, 0.1) is 10.6 Å². The summed E-state index contributed by atoms with van der Waals surface area (Å²) >= 11 is 0. The molecule has 1 aromatic carbocycles. The molecule has 2 atom stereocenters. The van der Waals surface area contributed by atoms with Crippen molar-refractivity contribution in [2.24, 2.45) is 0 Å². The number of anilines is 1. The summed E-state index contributed by atoms with van der Waals surface area (Å²) in [7, 11) is -13.5. The number of benzene rings is 1. The summed E-state index contributed by atoms with van der Waals surface area (Å²) in [4.78, 5) is 27.2. The average molecular weight is 343 g/mol. The minimum Gasteiger partial charge on any atom is -0.399 e. The molecule has 11 heteroatoms. The second-order valence-corrected chi connectivity index (χ2v) is 11.1. The van der Waals surface area contributed by atoms with E-state index in [0.717, 1.165) is 6.66 Å². The van der Waals surface area contributed by atoms with Gasteiger partial charge >= 0.3 is 7.60 Å². The molecule has 0 fully saturated rings. The molecule has 0 amide bonds. The summed E-state index contributed by atoms with van der Waals surface area (Å²) in [6.45, 7) is 0.718. The molecule has 0 radical (unpaired) electrons. The lowest BCUT2D eigenvalue weighted by Crippen LogP contribution is -2.21. The summed E-state index contributed by atoms with van der Waals surface area (Å²) < 4.78 is 46.8. The molecule has 0 aliphatic heterocycles. The van der Waals surface area contributed by atoms with Crippen LogP contribution in [-0.4, -0.2) is 40.9 Å². The van der Waals surface area contributed by atoms with Crippen molar-refractivity contribution in [3.63, 3.8) is 0 Å². The van der Waals surface area contributed by atoms with Crippen molar-refractivity contribution >= 4 is 30.5 Å². The smallest absolute Gasteiger partial charge is 0.339 e. The van der Waals surface area contributed by atoms with Gasteiger partial charge in [-0.25, -0.2) is 8.42 Å². The van der Waals surface area contributed by atoms with Crippen molar-refractivity contribution in [2.45, 2.75) is 10.3 Å². The summed E-state index contributed by atoms with van der Waals surface area (Å²) in [5, 5.41) is -2.16. The third kappa shape index (κ3) is 4.41. The summed E-state index contributed by atoms with van der Waals surface area (Å²) in [5.74, 6) is -1.12. The van der Waals surface area contributed by atoms with Gasteiger partial charge in [-0.2, -0.15) is 0 Å². The Morgan fingerprint density at radius 2 is 1.60 bits per heavy atom. The van der Waals surface area contributed by atoms with Gasteiger partial charge < -0.3 is 20.4 Å². The fraction of sp³-hybridized carbons (Fsp3) is 0.333. The Morgan fingerprint density at radius 3 is 1.95 bits per heavy atom. The molecular weight excluding hydrogens is 328 g/mol. The highest BCUT2D eigenvalue weighted by atomic mass is 32.2. The van der Waals surface area contributed by atoms with Crippen LogP contribution in [0.15, 0.2) is 29.2 Å². The van der Waals surface area contributed by atoms with Gasteiger partial charge in [-0.15, -0.1) is 0 Å². The molecule has 0 saturated carbocycles. The minimum absolute atomic E-state index is 0.224. The van der Waals surface area contributed by atoms with E-state index in [1.807, 2.05) is 0 Å². The molecule has 0 spiro atoms. The fourth-order valence-electron chi connectivity index (χ4n) is 1.48. The van der Waals surface area contributed by atoms with Crippen molar-refractivity contribution in [2.75, 3.05) is 18.2 Å². The van der Waals surface area contributed by atoms with E-state index in [9.17, 15) is 22.4 Å². The predicted molar refractivity (Wildman–Crippen MR) is 74.5 cm³/mol. The maximum atomic E-state index is 12.0. The van der Waals surface area contributed by atoms with Gasteiger partial charge in [0, 0.05) is 12.4 Å². The van der Waals surface area contributed by atoms with E-state index in [-0.39, 0.29) is 4.90 Å². The number of hydrogen-bond donors (Lipinski definition) is 4. The van der Waals surface area contributed by atoms with Crippen LogP contribution in [0.4, 0.5) is 5.69 Å². The molecule has 0 saturated heterocycles. The van der Waals surface area contributed by atoms with Gasteiger partial charge in [-0.1, -0.05) is 0 Å². The van der Waals surface area contributed by atoms with Crippen LogP contribution in [0.2, 0.25) is 0 Å². The zero-order valence-corrected chi connectivity index (χ0v) is 13.1. The van der Waals surface area contributed by atoms with Crippen molar-refractivity contribution in [3.8, 4) is 0 Å². The van der Waals surface area contributed by atoms with Crippen LogP contribution >= 0.6 is 15.0 Å². The van der Waals surface area contributed by atoms with Crippen molar-refractivity contribution in [3.05, 3.63) is 24.3 Å². The summed E-state index contributed by atoms with van der Waals surface area (Å²) in [6, 6.07) is 4.95. The van der Waals surface area contributed by atoms with Crippen LogP contribution in [-0.2, 0) is 19.0 Å². The van der Waals surface area contributed by atoms with E-state index >= 15 is 0 Å². The van der Waals surface area contributed by atoms with Crippen LogP contribution in [0.25, 0.3) is 0 Å². The first-order valence-electron chi connectivity index (χ1n) is 5.27. The monoisotopic (exact) mass is 343 g/mol. The van der Waals surface area contributed by atoms with Gasteiger partial charge in [0.1, 0.15) is 0 Å². The topological polar surface area (TPSA) is 155 Å². The Labute approximate surface area is 116 Å². The first kappa shape index (κ1) is 17.4. The molecule has 1 rings (SSSR count). The van der Waals surface area contributed by atoms with Gasteiger partial charge in [0.25, 0.3) is 0 Å². The Balaban J connectivity index is 3.20. The molecule has 0 bridgehead atoms. The maximum absolute atomic E-state index is 12.0. The van der Waals surface area contributed by atoms with Gasteiger partial charge in [-0.05, 0) is 24.3 Å². The van der Waals surface area contributed by atoms with E-state index < -0.39 is 36.0 Å². The lowest BCUT2D eigenvalue weighted by atomic mass is 10.3.